The van der Waals surface area contributed by atoms with Gasteiger partial charge in [0.25, 0.3) is 0 Å². The van der Waals surface area contributed by atoms with Crippen LogP contribution in [0.15, 0.2) is 12.1 Å². The molecule has 0 heterocycles. The lowest BCUT2D eigenvalue weighted by Gasteiger charge is -2.28. The second-order valence-corrected chi connectivity index (χ2v) is 10.4. The van der Waals surface area contributed by atoms with Gasteiger partial charge in [-0.25, -0.2) is 0 Å². The van der Waals surface area contributed by atoms with Gasteiger partial charge in [0.1, 0.15) is 5.75 Å². The molecule has 2 heteroatoms. The maximum atomic E-state index is 12.8. The zero-order valence-electron chi connectivity index (χ0n) is 19.6. The van der Waals surface area contributed by atoms with E-state index in [-0.39, 0.29) is 16.6 Å². The van der Waals surface area contributed by atoms with E-state index in [0.717, 1.165) is 29.5 Å². The number of hydrogen-bond donors (Lipinski definition) is 1. The smallest absolute Gasteiger partial charge is 0.162 e. The molecule has 0 aliphatic carbocycles. The predicted octanol–water partition coefficient (Wildman–Crippen LogP) is 8.09. The van der Waals surface area contributed by atoms with Crippen molar-refractivity contribution in [2.24, 2.45) is 0 Å². The monoisotopic (exact) mass is 388 g/mol. The van der Waals surface area contributed by atoms with E-state index in [1.54, 1.807) is 0 Å². The largest absolute Gasteiger partial charge is 0.507 e. The molecule has 0 bridgehead atoms. The Labute approximate surface area is 174 Å². The lowest BCUT2D eigenvalue weighted by molar-refractivity contribution is 0.0979. The molecule has 160 valence electrons. The fourth-order valence-electron chi connectivity index (χ4n) is 3.68. The molecule has 0 saturated heterocycles. The summed E-state index contributed by atoms with van der Waals surface area (Å²) in [7, 11) is 0. The van der Waals surface area contributed by atoms with Crippen LogP contribution in [0.3, 0.4) is 0 Å². The van der Waals surface area contributed by atoms with Crippen molar-refractivity contribution in [1.29, 1.82) is 0 Å². The Morgan fingerprint density at radius 1 is 0.750 bits per heavy atom. The van der Waals surface area contributed by atoms with Crippen LogP contribution in [0.2, 0.25) is 0 Å². The summed E-state index contributed by atoms with van der Waals surface area (Å²) in [5, 5.41) is 10.8. The summed E-state index contributed by atoms with van der Waals surface area (Å²) in [6.45, 7) is 14.8. The molecule has 0 fully saturated rings. The number of rotatable bonds is 11. The zero-order valence-corrected chi connectivity index (χ0v) is 19.6. The molecule has 0 spiro atoms. The Hall–Kier alpha value is -1.31. The first-order chi connectivity index (χ1) is 13.0. The molecule has 2 nitrogen and oxygen atoms in total. The Balaban J connectivity index is 2.68. The lowest BCUT2D eigenvalue weighted by atomic mass is 9.78. The minimum Gasteiger partial charge on any atom is -0.507 e. The second-order valence-electron chi connectivity index (χ2n) is 10.4. The van der Waals surface area contributed by atoms with Crippen molar-refractivity contribution in [2.75, 3.05) is 0 Å². The van der Waals surface area contributed by atoms with Gasteiger partial charge in [0, 0.05) is 23.1 Å². The van der Waals surface area contributed by atoms with Crippen LogP contribution in [0.1, 0.15) is 134 Å². The van der Waals surface area contributed by atoms with Gasteiger partial charge in [0.05, 0.1) is 0 Å². The van der Waals surface area contributed by atoms with Crippen LogP contribution < -0.4 is 0 Å². The SMILES string of the molecule is CCCCCCCCCCCC(=O)c1cc(C(C)(C)C)c(O)c(C(C)(C)C)c1. The van der Waals surface area contributed by atoms with Gasteiger partial charge in [-0.15, -0.1) is 0 Å². The van der Waals surface area contributed by atoms with Gasteiger partial charge in [-0.3, -0.25) is 4.79 Å². The van der Waals surface area contributed by atoms with Crippen molar-refractivity contribution in [2.45, 2.75) is 124 Å². The third-order valence-electron chi connectivity index (χ3n) is 5.56. The van der Waals surface area contributed by atoms with Gasteiger partial charge in [-0.2, -0.15) is 0 Å². The molecule has 0 saturated carbocycles. The average Bonchev–Trinajstić information content (AvgIpc) is 2.58. The van der Waals surface area contributed by atoms with E-state index in [2.05, 4.69) is 48.5 Å². The third-order valence-corrected chi connectivity index (χ3v) is 5.56. The van der Waals surface area contributed by atoms with E-state index in [1.165, 1.54) is 44.9 Å². The van der Waals surface area contributed by atoms with Gasteiger partial charge >= 0.3 is 0 Å². The number of ketones is 1. The summed E-state index contributed by atoms with van der Waals surface area (Å²) in [6.07, 6.45) is 11.9. The summed E-state index contributed by atoms with van der Waals surface area (Å²) in [6, 6.07) is 3.83. The minimum absolute atomic E-state index is 0.196. The second kappa shape index (κ2) is 11.0. The molecule has 0 aromatic heterocycles. The number of phenols is 1. The summed E-state index contributed by atoms with van der Waals surface area (Å²) in [5.41, 5.74) is 2.11. The third kappa shape index (κ3) is 7.97. The maximum Gasteiger partial charge on any atom is 0.162 e. The molecule has 1 aromatic rings. The van der Waals surface area contributed by atoms with Crippen LogP contribution in [-0.2, 0) is 10.8 Å². The highest BCUT2D eigenvalue weighted by Crippen LogP contribution is 2.40. The summed E-state index contributed by atoms with van der Waals surface area (Å²) >= 11 is 0. The van der Waals surface area contributed by atoms with E-state index < -0.39 is 0 Å². The number of carbonyl (C=O) groups excluding carboxylic acids is 1. The van der Waals surface area contributed by atoms with E-state index >= 15 is 0 Å². The predicted molar refractivity (Wildman–Crippen MR) is 122 cm³/mol. The van der Waals surface area contributed by atoms with Crippen LogP contribution in [0, 0.1) is 0 Å². The Kier molecular flexibility index (Phi) is 9.74. The molecule has 28 heavy (non-hydrogen) atoms. The van der Waals surface area contributed by atoms with Crippen molar-refractivity contribution >= 4 is 5.78 Å². The topological polar surface area (TPSA) is 37.3 Å². The molecule has 1 aromatic carbocycles. The molecular weight excluding hydrogens is 344 g/mol. The van der Waals surface area contributed by atoms with Crippen molar-refractivity contribution < 1.29 is 9.90 Å². The van der Waals surface area contributed by atoms with Gasteiger partial charge in [0.15, 0.2) is 5.78 Å². The van der Waals surface area contributed by atoms with Crippen LogP contribution in [0.5, 0.6) is 5.75 Å². The zero-order chi connectivity index (χ0) is 21.4. The minimum atomic E-state index is -0.196. The first kappa shape index (κ1) is 24.7. The number of carbonyl (C=O) groups is 1. The van der Waals surface area contributed by atoms with Crippen LogP contribution in [-0.4, -0.2) is 10.9 Å². The van der Waals surface area contributed by atoms with E-state index in [9.17, 15) is 9.90 Å². The van der Waals surface area contributed by atoms with Crippen molar-refractivity contribution in [3.63, 3.8) is 0 Å². The Bertz CT molecular complexity index is 579. The molecule has 0 aliphatic heterocycles. The molecule has 0 atom stereocenters. The molecular formula is C26H44O2. The highest BCUT2D eigenvalue weighted by molar-refractivity contribution is 5.96. The van der Waals surface area contributed by atoms with Crippen molar-refractivity contribution in [3.8, 4) is 5.75 Å². The van der Waals surface area contributed by atoms with Gasteiger partial charge in [-0.05, 0) is 29.4 Å². The van der Waals surface area contributed by atoms with Crippen LogP contribution in [0.25, 0.3) is 0 Å². The number of Topliss-reactive ketones (excluding diaryl/α,β-unsaturated/α-hetero) is 1. The molecule has 0 radical (unpaired) electrons. The van der Waals surface area contributed by atoms with E-state index in [4.69, 9.17) is 0 Å². The molecule has 0 aliphatic rings. The van der Waals surface area contributed by atoms with Crippen molar-refractivity contribution in [3.05, 3.63) is 28.8 Å². The van der Waals surface area contributed by atoms with E-state index in [1.807, 2.05) is 12.1 Å². The van der Waals surface area contributed by atoms with Gasteiger partial charge < -0.3 is 5.11 Å². The fourth-order valence-corrected chi connectivity index (χ4v) is 3.68. The molecule has 1 N–H and O–H groups in total. The highest BCUT2D eigenvalue weighted by Gasteiger charge is 2.27. The number of aromatic hydroxyl groups is 1. The number of hydrogen-bond acceptors (Lipinski definition) is 2. The van der Waals surface area contributed by atoms with E-state index in [0.29, 0.717) is 12.2 Å². The molecule has 1 rings (SSSR count). The summed E-state index contributed by atoms with van der Waals surface area (Å²) in [5.74, 6) is 0.554. The average molecular weight is 389 g/mol. The summed E-state index contributed by atoms with van der Waals surface area (Å²) < 4.78 is 0. The quantitative estimate of drug-likeness (QED) is 0.307. The van der Waals surface area contributed by atoms with Crippen LogP contribution >= 0.6 is 0 Å². The normalized spacial score (nSPS) is 12.4. The number of benzene rings is 1. The fraction of sp³-hybridized carbons (Fsp3) is 0.731. The first-order valence-corrected chi connectivity index (χ1v) is 11.4. The first-order valence-electron chi connectivity index (χ1n) is 11.4. The van der Waals surface area contributed by atoms with Crippen molar-refractivity contribution in [1.82, 2.24) is 0 Å². The Morgan fingerprint density at radius 3 is 1.54 bits per heavy atom. The van der Waals surface area contributed by atoms with Gasteiger partial charge in [0.2, 0.25) is 0 Å². The highest BCUT2D eigenvalue weighted by atomic mass is 16.3. The molecule has 0 unspecified atom stereocenters. The maximum absolute atomic E-state index is 12.8. The Morgan fingerprint density at radius 2 is 1.14 bits per heavy atom. The lowest BCUT2D eigenvalue weighted by Crippen LogP contribution is -2.18. The van der Waals surface area contributed by atoms with Crippen LogP contribution in [0.4, 0.5) is 0 Å². The molecule has 0 amide bonds. The summed E-state index contributed by atoms with van der Waals surface area (Å²) in [4.78, 5) is 12.8. The standard InChI is InChI=1S/C26H44O2/c1-8-9-10-11-12-13-14-15-16-17-23(27)20-18-21(25(2,3)4)24(28)22(19-20)26(5,6)7/h18-19,28H,8-17H2,1-7H3. The number of unbranched alkanes of at least 4 members (excludes halogenated alkanes) is 8. The van der Waals surface area contributed by atoms with Gasteiger partial charge in [-0.1, -0.05) is 99.8 Å². The number of phenolic OH excluding ortho intramolecular Hbond substituents is 1.